The Morgan fingerprint density at radius 3 is 2.76 bits per heavy atom. The zero-order chi connectivity index (χ0) is 19.7. The van der Waals surface area contributed by atoms with Gasteiger partial charge in [0.1, 0.15) is 5.65 Å². The summed E-state index contributed by atoms with van der Waals surface area (Å²) < 4.78 is 1.68. The number of aromatic nitrogens is 5. The lowest BCUT2D eigenvalue weighted by molar-refractivity contribution is 0.470. The maximum Gasteiger partial charge on any atom is 0.264 e. The molecule has 2 aliphatic heterocycles. The van der Waals surface area contributed by atoms with E-state index in [4.69, 9.17) is 16.6 Å². The van der Waals surface area contributed by atoms with Crippen LogP contribution in [-0.4, -0.2) is 49.9 Å². The molecule has 2 atom stereocenters. The van der Waals surface area contributed by atoms with Crippen molar-refractivity contribution in [3.8, 4) is 11.1 Å². The fraction of sp³-hybridized carbons (Fsp3) is 0.350. The third kappa shape index (κ3) is 2.33. The number of rotatable bonds is 2. The number of hydrogen-bond acceptors (Lipinski definition) is 5. The Morgan fingerprint density at radius 1 is 1.17 bits per heavy atom. The van der Waals surface area contributed by atoms with Gasteiger partial charge in [-0.15, -0.1) is 0 Å². The van der Waals surface area contributed by atoms with Crippen LogP contribution in [0.5, 0.6) is 0 Å². The molecule has 0 radical (unpaired) electrons. The molecular formula is C20H20ClN7O. The second-order valence-electron chi connectivity index (χ2n) is 7.91. The first-order chi connectivity index (χ1) is 14.1. The predicted molar refractivity (Wildman–Crippen MR) is 114 cm³/mol. The third-order valence-corrected chi connectivity index (χ3v) is 6.76. The molecule has 148 valence electrons. The molecule has 4 aromatic rings. The van der Waals surface area contributed by atoms with E-state index in [1.165, 1.54) is 0 Å². The topological polar surface area (TPSA) is 94.6 Å². The lowest BCUT2D eigenvalue weighted by atomic mass is 10.0. The van der Waals surface area contributed by atoms with Gasteiger partial charge in [0.2, 0.25) is 5.95 Å². The molecule has 2 bridgehead atoms. The summed E-state index contributed by atoms with van der Waals surface area (Å²) >= 11 is 6.65. The monoisotopic (exact) mass is 409 g/mol. The first-order valence-corrected chi connectivity index (χ1v) is 10.2. The highest BCUT2D eigenvalue weighted by Crippen LogP contribution is 2.37. The van der Waals surface area contributed by atoms with Crippen molar-refractivity contribution in [1.29, 1.82) is 0 Å². The van der Waals surface area contributed by atoms with E-state index in [2.05, 4.69) is 25.4 Å². The van der Waals surface area contributed by atoms with E-state index in [9.17, 15) is 4.79 Å². The van der Waals surface area contributed by atoms with Crippen molar-refractivity contribution < 1.29 is 0 Å². The fourth-order valence-corrected chi connectivity index (χ4v) is 5.21. The summed E-state index contributed by atoms with van der Waals surface area (Å²) in [5.41, 5.74) is 2.94. The average Bonchev–Trinajstić information content (AvgIpc) is 3.42. The molecule has 2 aliphatic rings. The zero-order valence-corrected chi connectivity index (χ0v) is 16.6. The van der Waals surface area contributed by atoms with Crippen LogP contribution in [-0.2, 0) is 7.05 Å². The van der Waals surface area contributed by atoms with Crippen LogP contribution in [0.1, 0.15) is 12.8 Å². The smallest absolute Gasteiger partial charge is 0.264 e. The summed E-state index contributed by atoms with van der Waals surface area (Å²) in [5, 5.41) is 12.4. The van der Waals surface area contributed by atoms with Gasteiger partial charge in [-0.2, -0.15) is 10.1 Å². The van der Waals surface area contributed by atoms with E-state index in [-0.39, 0.29) is 5.56 Å². The van der Waals surface area contributed by atoms with E-state index < -0.39 is 0 Å². The van der Waals surface area contributed by atoms with Gasteiger partial charge in [-0.3, -0.25) is 14.5 Å². The van der Waals surface area contributed by atoms with E-state index >= 15 is 0 Å². The summed E-state index contributed by atoms with van der Waals surface area (Å²) in [6.45, 7) is 1.86. The standard InChI is InChI=1S/C20H20ClN7O/c1-27-19(29)16-13(12-4-5-15-14(17(12)21)9-24-26-15)8-23-18(16)25-20(27)28-10-2-3-11(28)7-22-6-10/h4-5,8-11,22-23H,2-3,6-7H2,1H3,(H,24,26). The Hall–Kier alpha value is -2.84. The molecule has 6 rings (SSSR count). The largest absolute Gasteiger partial charge is 0.345 e. The van der Waals surface area contributed by atoms with Gasteiger partial charge in [0, 0.05) is 54.9 Å². The van der Waals surface area contributed by atoms with Crippen LogP contribution >= 0.6 is 11.6 Å². The summed E-state index contributed by atoms with van der Waals surface area (Å²) in [5.74, 6) is 0.737. The van der Waals surface area contributed by atoms with Crippen LogP contribution < -0.4 is 15.8 Å². The van der Waals surface area contributed by atoms with E-state index in [0.29, 0.717) is 28.1 Å². The van der Waals surface area contributed by atoms with Gasteiger partial charge in [0.05, 0.1) is 22.1 Å². The van der Waals surface area contributed by atoms with Crippen LogP contribution in [0.3, 0.4) is 0 Å². The van der Waals surface area contributed by atoms with Crippen molar-refractivity contribution in [3.05, 3.63) is 39.9 Å². The molecule has 0 spiro atoms. The number of anilines is 1. The van der Waals surface area contributed by atoms with Crippen LogP contribution in [0.4, 0.5) is 5.95 Å². The Balaban J connectivity index is 1.55. The molecular weight excluding hydrogens is 390 g/mol. The molecule has 8 nitrogen and oxygen atoms in total. The number of H-pyrrole nitrogens is 2. The Labute approximate surface area is 170 Å². The highest BCUT2D eigenvalue weighted by molar-refractivity contribution is 6.38. The van der Waals surface area contributed by atoms with E-state index in [0.717, 1.165) is 53.9 Å². The molecule has 3 N–H and O–H groups in total. The molecule has 9 heteroatoms. The number of nitrogens with one attached hydrogen (secondary N) is 3. The minimum atomic E-state index is -0.0671. The highest BCUT2D eigenvalue weighted by Gasteiger charge is 2.38. The number of aromatic amines is 2. The number of halogens is 1. The van der Waals surface area contributed by atoms with Crippen molar-refractivity contribution in [3.63, 3.8) is 0 Å². The predicted octanol–water partition coefficient (Wildman–Crippen LogP) is 2.40. The van der Waals surface area contributed by atoms with E-state index in [1.54, 1.807) is 10.8 Å². The Bertz CT molecular complexity index is 1300. The maximum absolute atomic E-state index is 13.4. The van der Waals surface area contributed by atoms with Gasteiger partial charge in [0.15, 0.2) is 0 Å². The molecule has 29 heavy (non-hydrogen) atoms. The normalized spacial score (nSPS) is 21.5. The van der Waals surface area contributed by atoms with Crippen molar-refractivity contribution in [2.75, 3.05) is 18.0 Å². The van der Waals surface area contributed by atoms with Crippen molar-refractivity contribution in [1.82, 2.24) is 30.0 Å². The van der Waals surface area contributed by atoms with Crippen molar-refractivity contribution in [2.24, 2.45) is 7.05 Å². The number of fused-ring (bicyclic) bond motifs is 4. The van der Waals surface area contributed by atoms with Crippen LogP contribution in [0.2, 0.25) is 5.02 Å². The first-order valence-electron chi connectivity index (χ1n) is 9.82. The van der Waals surface area contributed by atoms with Crippen LogP contribution in [0.25, 0.3) is 33.1 Å². The lowest BCUT2D eigenvalue weighted by Crippen LogP contribution is -2.53. The molecule has 3 aromatic heterocycles. The lowest BCUT2D eigenvalue weighted by Gasteiger charge is -2.36. The van der Waals surface area contributed by atoms with Gasteiger partial charge in [-0.25, -0.2) is 0 Å². The molecule has 2 fully saturated rings. The second-order valence-corrected chi connectivity index (χ2v) is 8.29. The quantitative estimate of drug-likeness (QED) is 0.472. The van der Waals surface area contributed by atoms with Gasteiger partial charge >= 0.3 is 0 Å². The summed E-state index contributed by atoms with van der Waals surface area (Å²) in [7, 11) is 1.81. The first kappa shape index (κ1) is 17.1. The number of hydrogen-bond donors (Lipinski definition) is 3. The summed E-state index contributed by atoms with van der Waals surface area (Å²) in [4.78, 5) is 23.8. The minimum absolute atomic E-state index is 0.0671. The maximum atomic E-state index is 13.4. The number of benzene rings is 1. The molecule has 5 heterocycles. The molecule has 0 amide bonds. The van der Waals surface area contributed by atoms with E-state index in [1.807, 2.05) is 25.4 Å². The number of piperazine rings is 1. The highest BCUT2D eigenvalue weighted by atomic mass is 35.5. The second kappa shape index (κ2) is 6.08. The van der Waals surface area contributed by atoms with Gasteiger partial charge in [0.25, 0.3) is 5.56 Å². The number of nitrogens with zero attached hydrogens (tertiary/aromatic N) is 4. The SMILES string of the molecule is Cn1c(N2C3CCC2CNC3)nc2[nH]cc(-c3ccc4[nH]ncc4c3Cl)c2c1=O. The Kier molecular flexibility index (Phi) is 3.57. The molecule has 1 aromatic carbocycles. The minimum Gasteiger partial charge on any atom is -0.345 e. The fourth-order valence-electron chi connectivity index (χ4n) is 4.89. The van der Waals surface area contributed by atoms with Crippen molar-refractivity contribution in [2.45, 2.75) is 24.9 Å². The summed E-state index contributed by atoms with van der Waals surface area (Å²) in [6.07, 6.45) is 5.77. The molecule has 0 aliphatic carbocycles. The average molecular weight is 410 g/mol. The van der Waals surface area contributed by atoms with Gasteiger partial charge in [-0.1, -0.05) is 17.7 Å². The molecule has 2 unspecified atom stereocenters. The summed E-state index contributed by atoms with van der Waals surface area (Å²) in [6, 6.07) is 4.61. The van der Waals surface area contributed by atoms with Crippen LogP contribution in [0.15, 0.2) is 29.3 Å². The molecule has 2 saturated heterocycles. The molecule has 0 saturated carbocycles. The van der Waals surface area contributed by atoms with Gasteiger partial charge < -0.3 is 15.2 Å². The Morgan fingerprint density at radius 2 is 1.97 bits per heavy atom. The van der Waals surface area contributed by atoms with Crippen molar-refractivity contribution >= 4 is 39.5 Å². The van der Waals surface area contributed by atoms with Gasteiger partial charge in [-0.05, 0) is 18.9 Å². The third-order valence-electron chi connectivity index (χ3n) is 6.35. The zero-order valence-electron chi connectivity index (χ0n) is 15.9. The van der Waals surface area contributed by atoms with Crippen LogP contribution in [0, 0.1) is 0 Å².